The van der Waals surface area contributed by atoms with Crippen molar-refractivity contribution in [2.45, 2.75) is 12.5 Å². The molecule has 1 amide bonds. The second-order valence-corrected chi connectivity index (χ2v) is 6.50. The minimum absolute atomic E-state index is 0.0722. The normalized spacial score (nSPS) is 23.9. The second-order valence-electron chi connectivity index (χ2n) is 5.46. The molecule has 3 rings (SSSR count). The average molecular weight is 312 g/mol. The van der Waals surface area contributed by atoms with Crippen molar-refractivity contribution in [1.82, 2.24) is 15.6 Å². The van der Waals surface area contributed by atoms with Gasteiger partial charge < -0.3 is 10.6 Å². The van der Waals surface area contributed by atoms with Crippen LogP contribution >= 0.6 is 11.3 Å². The van der Waals surface area contributed by atoms with Gasteiger partial charge in [-0.05, 0) is 0 Å². The van der Waals surface area contributed by atoms with Crippen molar-refractivity contribution >= 4 is 17.2 Å². The van der Waals surface area contributed by atoms with E-state index in [4.69, 9.17) is 0 Å². The number of nitriles is 1. The van der Waals surface area contributed by atoms with Gasteiger partial charge in [-0.1, -0.05) is 37.3 Å². The van der Waals surface area contributed by atoms with E-state index in [1.54, 1.807) is 6.20 Å². The smallest absolute Gasteiger partial charge is 0.264 e. The highest BCUT2D eigenvalue weighted by Gasteiger charge is 2.42. The summed E-state index contributed by atoms with van der Waals surface area (Å²) >= 11 is 1.33. The number of thiazole rings is 1. The molecule has 0 bridgehead atoms. The first kappa shape index (κ1) is 14.7. The van der Waals surface area contributed by atoms with E-state index in [1.165, 1.54) is 11.3 Å². The fourth-order valence-electron chi connectivity index (χ4n) is 2.54. The number of nitrogens with zero attached hydrogens (tertiary/aromatic N) is 2. The van der Waals surface area contributed by atoms with Crippen LogP contribution in [0, 0.1) is 17.2 Å². The molecule has 1 aliphatic heterocycles. The fourth-order valence-corrected chi connectivity index (χ4v) is 3.35. The van der Waals surface area contributed by atoms with E-state index >= 15 is 0 Å². The van der Waals surface area contributed by atoms with Gasteiger partial charge in [0.05, 0.1) is 12.3 Å². The summed E-state index contributed by atoms with van der Waals surface area (Å²) in [7, 11) is 0. The molecule has 2 aromatic rings. The molecule has 0 saturated carbocycles. The third-order valence-electron chi connectivity index (χ3n) is 3.98. The van der Waals surface area contributed by atoms with Gasteiger partial charge in [-0.25, -0.2) is 4.98 Å². The van der Waals surface area contributed by atoms with Gasteiger partial charge in [0.15, 0.2) is 0 Å². The van der Waals surface area contributed by atoms with Crippen LogP contribution in [0.1, 0.15) is 16.6 Å². The summed E-state index contributed by atoms with van der Waals surface area (Å²) in [6.45, 7) is 3.16. The van der Waals surface area contributed by atoms with Crippen molar-refractivity contribution in [1.29, 1.82) is 5.26 Å². The van der Waals surface area contributed by atoms with Crippen LogP contribution in [-0.4, -0.2) is 29.5 Å². The zero-order chi connectivity index (χ0) is 15.6. The van der Waals surface area contributed by atoms with Crippen molar-refractivity contribution in [3.05, 3.63) is 41.4 Å². The van der Waals surface area contributed by atoms with Crippen LogP contribution in [-0.2, 0) is 0 Å². The van der Waals surface area contributed by atoms with Crippen LogP contribution in [0.3, 0.4) is 0 Å². The van der Waals surface area contributed by atoms with E-state index in [0.29, 0.717) is 11.4 Å². The maximum absolute atomic E-state index is 12.4. The summed E-state index contributed by atoms with van der Waals surface area (Å²) in [5, 5.41) is 16.3. The summed E-state index contributed by atoms with van der Waals surface area (Å²) in [5.41, 5.74) is 0.144. The summed E-state index contributed by atoms with van der Waals surface area (Å²) in [6, 6.07) is 12.0. The van der Waals surface area contributed by atoms with Crippen LogP contribution in [0.4, 0.5) is 0 Å². The molecule has 112 valence electrons. The number of rotatable bonds is 3. The van der Waals surface area contributed by atoms with Crippen LogP contribution in [0.15, 0.2) is 36.5 Å². The molecule has 1 saturated heterocycles. The number of amides is 1. The molecule has 2 N–H and O–H groups in total. The summed E-state index contributed by atoms with van der Waals surface area (Å²) in [5.74, 6) is -0.167. The lowest BCUT2D eigenvalue weighted by molar-refractivity contribution is 0.0916. The van der Waals surface area contributed by atoms with Crippen molar-refractivity contribution in [3.63, 3.8) is 0 Å². The molecule has 0 aliphatic carbocycles. The van der Waals surface area contributed by atoms with Crippen molar-refractivity contribution in [2.24, 2.45) is 5.92 Å². The van der Waals surface area contributed by atoms with Crippen LogP contribution in [0.5, 0.6) is 0 Å². The maximum Gasteiger partial charge on any atom is 0.264 e. The molecule has 1 aromatic carbocycles. The standard InChI is InChI=1S/C16H16N4OS/c1-11-7-18-10-16(11,9-17)20-14(21)13-8-19-15(22-13)12-5-3-2-4-6-12/h2-6,8,11,18H,7,10H2,1H3,(H,20,21)/t11-,16-/m1/s1. The quantitative estimate of drug-likeness (QED) is 0.909. The number of carbonyl (C=O) groups excluding carboxylic acids is 1. The summed E-state index contributed by atoms with van der Waals surface area (Å²) < 4.78 is 0. The highest BCUT2D eigenvalue weighted by molar-refractivity contribution is 7.16. The van der Waals surface area contributed by atoms with E-state index in [1.807, 2.05) is 37.3 Å². The van der Waals surface area contributed by atoms with Gasteiger partial charge in [-0.3, -0.25) is 4.79 Å². The lowest BCUT2D eigenvalue weighted by Gasteiger charge is -2.25. The van der Waals surface area contributed by atoms with Crippen molar-refractivity contribution < 1.29 is 4.79 Å². The fraction of sp³-hybridized carbons (Fsp3) is 0.312. The van der Waals surface area contributed by atoms with E-state index in [2.05, 4.69) is 21.7 Å². The van der Waals surface area contributed by atoms with E-state index in [-0.39, 0.29) is 11.8 Å². The number of benzene rings is 1. The van der Waals surface area contributed by atoms with Gasteiger partial charge in [0.1, 0.15) is 15.4 Å². The highest BCUT2D eigenvalue weighted by Crippen LogP contribution is 2.26. The third-order valence-corrected chi connectivity index (χ3v) is 5.03. The molecular weight excluding hydrogens is 296 g/mol. The number of nitrogens with one attached hydrogen (secondary N) is 2. The molecule has 1 aromatic heterocycles. The molecule has 0 radical (unpaired) electrons. The lowest BCUT2D eigenvalue weighted by Crippen LogP contribution is -2.52. The molecular formula is C16H16N4OS. The molecule has 6 heteroatoms. The van der Waals surface area contributed by atoms with Gasteiger partial charge in [-0.15, -0.1) is 11.3 Å². The Balaban J connectivity index is 1.79. The maximum atomic E-state index is 12.4. The van der Waals surface area contributed by atoms with Gasteiger partial charge in [0, 0.05) is 24.6 Å². The van der Waals surface area contributed by atoms with Gasteiger partial charge in [0.25, 0.3) is 5.91 Å². The number of aromatic nitrogens is 1. The molecule has 22 heavy (non-hydrogen) atoms. The Morgan fingerprint density at radius 3 is 2.91 bits per heavy atom. The predicted octanol–water partition coefficient (Wildman–Crippen LogP) is 2.04. The van der Waals surface area contributed by atoms with Gasteiger partial charge in [0.2, 0.25) is 0 Å². The SMILES string of the molecule is C[C@@H]1CNC[C@@]1(C#N)NC(=O)c1cnc(-c2ccccc2)s1. The Bertz CT molecular complexity index is 721. The van der Waals surface area contributed by atoms with Crippen molar-refractivity contribution in [2.75, 3.05) is 13.1 Å². The first-order valence-corrected chi connectivity index (χ1v) is 7.92. The molecule has 1 fully saturated rings. The number of hydrogen-bond acceptors (Lipinski definition) is 5. The van der Waals surface area contributed by atoms with E-state index < -0.39 is 5.54 Å². The lowest BCUT2D eigenvalue weighted by atomic mass is 9.90. The Morgan fingerprint density at radius 2 is 2.27 bits per heavy atom. The zero-order valence-electron chi connectivity index (χ0n) is 12.2. The largest absolute Gasteiger partial charge is 0.332 e. The molecule has 2 heterocycles. The summed E-state index contributed by atoms with van der Waals surface area (Å²) in [6.07, 6.45) is 1.57. The first-order valence-electron chi connectivity index (χ1n) is 7.10. The van der Waals surface area contributed by atoms with Crippen LogP contribution in [0.25, 0.3) is 10.6 Å². The minimum atomic E-state index is -0.839. The van der Waals surface area contributed by atoms with Crippen LogP contribution in [0.2, 0.25) is 0 Å². The number of hydrogen-bond donors (Lipinski definition) is 2. The molecule has 0 unspecified atom stereocenters. The molecule has 1 aliphatic rings. The van der Waals surface area contributed by atoms with Gasteiger partial charge >= 0.3 is 0 Å². The Labute approximate surface area is 133 Å². The van der Waals surface area contributed by atoms with Gasteiger partial charge in [-0.2, -0.15) is 5.26 Å². The predicted molar refractivity (Wildman–Crippen MR) is 85.4 cm³/mol. The number of carbonyl (C=O) groups is 1. The highest BCUT2D eigenvalue weighted by atomic mass is 32.1. The minimum Gasteiger partial charge on any atom is -0.332 e. The summed E-state index contributed by atoms with van der Waals surface area (Å²) in [4.78, 5) is 17.3. The Morgan fingerprint density at radius 1 is 1.50 bits per heavy atom. The molecule has 5 nitrogen and oxygen atoms in total. The zero-order valence-corrected chi connectivity index (χ0v) is 13.0. The topological polar surface area (TPSA) is 77.8 Å². The molecule has 2 atom stereocenters. The second kappa shape index (κ2) is 5.87. The average Bonchev–Trinajstić information content (AvgIpc) is 3.16. The van der Waals surface area contributed by atoms with E-state index in [9.17, 15) is 10.1 Å². The Hall–Kier alpha value is -2.23. The first-order chi connectivity index (χ1) is 10.6. The Kier molecular flexibility index (Phi) is 3.92. The third kappa shape index (κ3) is 2.61. The monoisotopic (exact) mass is 312 g/mol. The van der Waals surface area contributed by atoms with Crippen LogP contribution < -0.4 is 10.6 Å². The van der Waals surface area contributed by atoms with Crippen molar-refractivity contribution in [3.8, 4) is 16.6 Å². The van der Waals surface area contributed by atoms with E-state index in [0.717, 1.165) is 17.1 Å². The molecule has 0 spiro atoms.